The average molecular weight is 848 g/mol. The van der Waals surface area contributed by atoms with Gasteiger partial charge in [-0.2, -0.15) is 5.26 Å². The second-order valence-corrected chi connectivity index (χ2v) is 20.3. The van der Waals surface area contributed by atoms with E-state index in [4.69, 9.17) is 9.72 Å². The van der Waals surface area contributed by atoms with Gasteiger partial charge in [0.1, 0.15) is 17.3 Å². The van der Waals surface area contributed by atoms with Gasteiger partial charge in [-0.05, 0) is 113 Å². The van der Waals surface area contributed by atoms with Gasteiger partial charge in [-0.15, -0.1) is 0 Å². The quantitative estimate of drug-likeness (QED) is 0.157. The van der Waals surface area contributed by atoms with Crippen molar-refractivity contribution in [1.29, 1.82) is 5.26 Å². The van der Waals surface area contributed by atoms with Gasteiger partial charge in [-0.3, -0.25) is 4.57 Å². The monoisotopic (exact) mass is 847 g/mol. The van der Waals surface area contributed by atoms with Crippen molar-refractivity contribution in [1.82, 2.24) is 18.7 Å². The van der Waals surface area contributed by atoms with Crippen LogP contribution in [0.25, 0.3) is 49.5 Å². The summed E-state index contributed by atoms with van der Waals surface area (Å²) in [6, 6.07) is 59.5. The highest BCUT2D eigenvalue weighted by atomic mass is 16.5. The number of nitriles is 1. The van der Waals surface area contributed by atoms with E-state index in [0.29, 0.717) is 17.1 Å². The molecule has 0 radical (unpaired) electrons. The Morgan fingerprint density at radius 2 is 1.23 bits per heavy atom. The molecule has 0 fully saturated rings. The van der Waals surface area contributed by atoms with Crippen molar-refractivity contribution < 1.29 is 4.74 Å². The van der Waals surface area contributed by atoms with Gasteiger partial charge in [0.15, 0.2) is 0 Å². The van der Waals surface area contributed by atoms with E-state index in [0.717, 1.165) is 55.9 Å². The molecule has 0 aliphatic carbocycles. The van der Waals surface area contributed by atoms with E-state index in [-0.39, 0.29) is 16.2 Å². The van der Waals surface area contributed by atoms with Crippen molar-refractivity contribution in [2.24, 2.45) is 0 Å². The maximum atomic E-state index is 9.84. The lowest BCUT2D eigenvalue weighted by Gasteiger charge is -2.24. The van der Waals surface area contributed by atoms with E-state index in [2.05, 4.69) is 203 Å². The highest BCUT2D eigenvalue weighted by Gasteiger charge is 2.41. The minimum atomic E-state index is -0.0665. The number of benzene rings is 7. The summed E-state index contributed by atoms with van der Waals surface area (Å²) in [7, 11) is 0. The molecule has 0 saturated carbocycles. The van der Waals surface area contributed by atoms with Crippen LogP contribution in [0.2, 0.25) is 0 Å². The number of para-hydroxylation sites is 1. The first-order chi connectivity index (χ1) is 31.0. The first kappa shape index (κ1) is 41.4. The van der Waals surface area contributed by atoms with Crippen LogP contribution in [-0.4, -0.2) is 15.6 Å². The summed E-state index contributed by atoms with van der Waals surface area (Å²) in [5.74, 6) is 2.20. The fourth-order valence-electron chi connectivity index (χ4n) is 9.03. The topological polar surface area (TPSA) is 56.9 Å². The van der Waals surface area contributed by atoms with E-state index < -0.39 is 0 Å². The van der Waals surface area contributed by atoms with Crippen LogP contribution in [0.5, 0.6) is 11.5 Å². The number of hydrogen-bond donors (Lipinski definition) is 0. The van der Waals surface area contributed by atoms with Gasteiger partial charge < -0.3 is 4.74 Å². The Balaban J connectivity index is 1.13. The normalized spacial score (nSPS) is 12.9. The zero-order chi connectivity index (χ0) is 45.4. The van der Waals surface area contributed by atoms with Gasteiger partial charge in [-0.25, -0.2) is 4.98 Å². The van der Waals surface area contributed by atoms with Crippen molar-refractivity contribution in [2.75, 3.05) is 0 Å². The van der Waals surface area contributed by atoms with Gasteiger partial charge in [0.2, 0.25) is 11.4 Å². The molecule has 10 rings (SSSR count). The van der Waals surface area contributed by atoms with Crippen molar-refractivity contribution in [3.8, 4) is 34.5 Å². The van der Waals surface area contributed by atoms with Crippen LogP contribution in [-0.2, 0) is 16.2 Å². The average Bonchev–Trinajstić information content (AvgIpc) is 3.84. The zero-order valence-electron chi connectivity index (χ0n) is 38.7. The molecule has 0 N–H and O–H groups in total. The number of rotatable bonds is 6. The Morgan fingerprint density at radius 1 is 0.538 bits per heavy atom. The molecule has 9 aromatic rings. The van der Waals surface area contributed by atoms with Crippen molar-refractivity contribution in [2.45, 2.75) is 78.6 Å². The first-order valence-corrected chi connectivity index (χ1v) is 22.4. The molecule has 0 bridgehead atoms. The summed E-state index contributed by atoms with van der Waals surface area (Å²) < 4.78 is 13.4. The standard InChI is InChI=1S/C59H53N5O/c1-57(2,3)40-27-28-61-55(33-40)64-52-26-23-38(36-60)29-51(52)49-25-24-46(35-54(49)64)65-45-18-13-17-43(34-45)62-37-63(44-31-41(58(4,5)6)30-42(32-44)59(7,8)9)56-50(21-14-22-53(56)62)48-20-12-16-39-15-10-11-19-47(39)48/h10-35H,1-9H3/q+2. The van der Waals surface area contributed by atoms with Gasteiger partial charge in [0.25, 0.3) is 5.69 Å². The highest BCUT2D eigenvalue weighted by Crippen LogP contribution is 2.46. The van der Waals surface area contributed by atoms with Crippen LogP contribution in [0.1, 0.15) is 84.6 Å². The second-order valence-electron chi connectivity index (χ2n) is 20.3. The van der Waals surface area contributed by atoms with E-state index >= 15 is 0 Å². The van der Waals surface area contributed by atoms with Gasteiger partial charge in [-0.1, -0.05) is 123 Å². The molecule has 0 unspecified atom stereocenters. The molecular formula is C59H53N5O+2. The summed E-state index contributed by atoms with van der Waals surface area (Å²) in [4.78, 5) is 4.87. The fraction of sp³-hybridized carbons (Fsp3) is 0.203. The number of hydrogen-bond acceptors (Lipinski definition) is 3. The Morgan fingerprint density at radius 3 is 1.98 bits per heavy atom. The molecule has 0 spiro atoms. The third kappa shape index (κ3) is 7.48. The Bertz CT molecular complexity index is 3480. The minimum Gasteiger partial charge on any atom is -0.457 e. The van der Waals surface area contributed by atoms with E-state index in [9.17, 15) is 5.26 Å². The molecule has 318 valence electrons. The Kier molecular flexibility index (Phi) is 9.75. The number of nitrogens with zero attached hydrogens (tertiary/aromatic N) is 5. The summed E-state index contributed by atoms with van der Waals surface area (Å²) in [5.41, 5.74) is 12.5. The molecule has 6 nitrogen and oxygen atoms in total. The number of pyridine rings is 1. The highest BCUT2D eigenvalue weighted by molar-refractivity contribution is 6.10. The molecular weight excluding hydrogens is 795 g/mol. The SMILES string of the molecule is CC(C)(C)c1cc([N+]2=C=[N+](c3cccc(Oc4ccc5c6cc(C#N)ccc6n(-c6cc(C(C)(C)C)ccn6)c5c4)c3)c3cccc(-c4cccc5ccccc45)c32)cc(C(C)(C)C)c1. The van der Waals surface area contributed by atoms with E-state index in [1.54, 1.807) is 0 Å². The van der Waals surface area contributed by atoms with Crippen molar-refractivity contribution in [3.05, 3.63) is 180 Å². The lowest BCUT2D eigenvalue weighted by atomic mass is 9.80. The van der Waals surface area contributed by atoms with E-state index in [1.807, 2.05) is 42.6 Å². The number of ether oxygens (including phenoxy) is 1. The van der Waals surface area contributed by atoms with Crippen LogP contribution in [0.15, 0.2) is 158 Å². The second kappa shape index (κ2) is 15.3. The Hall–Kier alpha value is -7.58. The summed E-state index contributed by atoms with van der Waals surface area (Å²) in [6.45, 7) is 20.3. The van der Waals surface area contributed by atoms with Crippen LogP contribution in [0, 0.1) is 11.3 Å². The maximum absolute atomic E-state index is 9.84. The smallest absolute Gasteiger partial charge is 0.457 e. The molecule has 7 aromatic carbocycles. The molecule has 0 saturated heterocycles. The summed E-state index contributed by atoms with van der Waals surface area (Å²) >= 11 is 0. The third-order valence-electron chi connectivity index (χ3n) is 12.7. The first-order valence-electron chi connectivity index (χ1n) is 22.4. The van der Waals surface area contributed by atoms with Gasteiger partial charge in [0, 0.05) is 47.3 Å². The zero-order valence-corrected chi connectivity index (χ0v) is 38.7. The van der Waals surface area contributed by atoms with Crippen molar-refractivity contribution >= 4 is 61.3 Å². The van der Waals surface area contributed by atoms with Gasteiger partial charge in [0.05, 0.1) is 34.3 Å². The lowest BCUT2D eigenvalue weighted by Crippen LogP contribution is -2.17. The third-order valence-corrected chi connectivity index (χ3v) is 12.7. The molecule has 65 heavy (non-hydrogen) atoms. The Labute approximate surface area is 381 Å². The predicted molar refractivity (Wildman–Crippen MR) is 270 cm³/mol. The van der Waals surface area contributed by atoms with Crippen molar-refractivity contribution in [3.63, 3.8) is 0 Å². The fourth-order valence-corrected chi connectivity index (χ4v) is 9.03. The minimum absolute atomic E-state index is 0.0607. The molecule has 0 amide bonds. The molecule has 6 heteroatoms. The molecule has 1 aliphatic rings. The molecule has 2 aromatic heterocycles. The predicted octanol–water partition coefficient (Wildman–Crippen LogP) is 15.4. The van der Waals surface area contributed by atoms with Crippen LogP contribution in [0.4, 0.5) is 22.7 Å². The molecule has 0 atom stereocenters. The van der Waals surface area contributed by atoms with Crippen LogP contribution >= 0.6 is 0 Å². The summed E-state index contributed by atoms with van der Waals surface area (Å²) in [5, 5.41) is 14.3. The largest absolute Gasteiger partial charge is 0.503 e. The van der Waals surface area contributed by atoms with Crippen LogP contribution in [0.3, 0.4) is 0 Å². The maximum Gasteiger partial charge on any atom is 0.503 e. The number of aromatic nitrogens is 2. The molecule has 1 aliphatic heterocycles. The van der Waals surface area contributed by atoms with Gasteiger partial charge >= 0.3 is 11.7 Å². The summed E-state index contributed by atoms with van der Waals surface area (Å²) in [6.07, 6.45) is 1.88. The molecule has 3 heterocycles. The van der Waals surface area contributed by atoms with Crippen LogP contribution < -0.4 is 13.9 Å². The van der Waals surface area contributed by atoms with E-state index in [1.165, 1.54) is 33.0 Å². The number of fused-ring (bicyclic) bond motifs is 5. The lowest BCUT2D eigenvalue weighted by molar-refractivity contribution is 0.483.